The summed E-state index contributed by atoms with van der Waals surface area (Å²) in [6.07, 6.45) is 2.08. The molecule has 0 unspecified atom stereocenters. The van der Waals surface area contributed by atoms with Gasteiger partial charge in [0.1, 0.15) is 0 Å². The van der Waals surface area contributed by atoms with Gasteiger partial charge >= 0.3 is 0 Å². The van der Waals surface area contributed by atoms with Crippen LogP contribution in [0.4, 0.5) is 10.8 Å². The molecule has 0 saturated heterocycles. The molecule has 1 heterocycles. The van der Waals surface area contributed by atoms with Crippen molar-refractivity contribution in [1.82, 2.24) is 4.98 Å². The van der Waals surface area contributed by atoms with Crippen LogP contribution in [0.2, 0.25) is 0 Å². The molecule has 6 heteroatoms. The van der Waals surface area contributed by atoms with Gasteiger partial charge in [-0.05, 0) is 24.1 Å². The third-order valence-corrected chi connectivity index (χ3v) is 3.34. The summed E-state index contributed by atoms with van der Waals surface area (Å²) in [4.78, 5) is 27.8. The molecule has 0 radical (unpaired) electrons. The van der Waals surface area contributed by atoms with Crippen LogP contribution < -0.4 is 10.6 Å². The largest absolute Gasteiger partial charge is 0.326 e. The van der Waals surface area contributed by atoms with Crippen LogP contribution in [-0.4, -0.2) is 16.8 Å². The molecule has 0 atom stereocenters. The Labute approximate surface area is 127 Å². The van der Waals surface area contributed by atoms with Crippen LogP contribution in [0.25, 0.3) is 0 Å². The number of carbonyl (C=O) groups excluding carboxylic acids is 2. The van der Waals surface area contributed by atoms with Gasteiger partial charge in [0.05, 0.1) is 0 Å². The molecule has 0 aliphatic rings. The van der Waals surface area contributed by atoms with Crippen LogP contribution >= 0.6 is 11.3 Å². The first kappa shape index (κ1) is 15.2. The molecular weight excluding hydrogens is 286 g/mol. The molecule has 5 nitrogen and oxygen atoms in total. The van der Waals surface area contributed by atoms with Crippen molar-refractivity contribution < 1.29 is 9.59 Å². The molecule has 0 spiro atoms. The number of hydrogen-bond donors (Lipinski definition) is 2. The quantitative estimate of drug-likeness (QED) is 0.889. The van der Waals surface area contributed by atoms with Crippen molar-refractivity contribution >= 4 is 34.0 Å². The maximum Gasteiger partial charge on any atom is 0.257 e. The lowest BCUT2D eigenvalue weighted by Gasteiger charge is -2.08. The number of thiazole rings is 1. The van der Waals surface area contributed by atoms with Gasteiger partial charge in [0.15, 0.2) is 5.13 Å². The standard InChI is InChI=1S/C15H17N3O2S/c1-10(2)8-13(19)17-12-5-3-4-11(9-12)14(20)18-15-16-6-7-21-15/h3-7,9-10H,8H2,1-2H3,(H,17,19)(H,16,18,20). The van der Waals surface area contributed by atoms with E-state index in [1.54, 1.807) is 35.8 Å². The Bertz CT molecular complexity index is 624. The van der Waals surface area contributed by atoms with Gasteiger partial charge in [-0.15, -0.1) is 11.3 Å². The second kappa shape index (κ2) is 6.99. The van der Waals surface area contributed by atoms with Gasteiger partial charge in [0, 0.05) is 29.2 Å². The number of aromatic nitrogens is 1. The van der Waals surface area contributed by atoms with E-state index in [9.17, 15) is 9.59 Å². The second-order valence-corrected chi connectivity index (χ2v) is 5.91. The topological polar surface area (TPSA) is 71.1 Å². The number of nitrogens with one attached hydrogen (secondary N) is 2. The summed E-state index contributed by atoms with van der Waals surface area (Å²) in [5, 5.41) is 7.84. The third-order valence-electron chi connectivity index (χ3n) is 2.65. The normalized spacial score (nSPS) is 10.4. The smallest absolute Gasteiger partial charge is 0.257 e. The lowest BCUT2D eigenvalue weighted by Crippen LogP contribution is -2.15. The summed E-state index contributed by atoms with van der Waals surface area (Å²) in [7, 11) is 0. The molecule has 2 N–H and O–H groups in total. The van der Waals surface area contributed by atoms with Crippen LogP contribution in [0.3, 0.4) is 0 Å². The Morgan fingerprint density at radius 2 is 2.10 bits per heavy atom. The van der Waals surface area contributed by atoms with Crippen LogP contribution in [-0.2, 0) is 4.79 Å². The van der Waals surface area contributed by atoms with E-state index >= 15 is 0 Å². The molecule has 1 aromatic heterocycles. The van der Waals surface area contributed by atoms with Crippen molar-refractivity contribution in [1.29, 1.82) is 0 Å². The van der Waals surface area contributed by atoms with Crippen molar-refractivity contribution in [3.63, 3.8) is 0 Å². The minimum Gasteiger partial charge on any atom is -0.326 e. The predicted octanol–water partition coefficient (Wildman–Crippen LogP) is 3.38. The molecule has 0 saturated carbocycles. The van der Waals surface area contributed by atoms with E-state index in [1.165, 1.54) is 11.3 Å². The molecule has 0 aliphatic carbocycles. The summed E-state index contributed by atoms with van der Waals surface area (Å²) in [5.41, 5.74) is 1.10. The van der Waals surface area contributed by atoms with Gasteiger partial charge in [0.2, 0.25) is 5.91 Å². The van der Waals surface area contributed by atoms with Crippen LogP contribution in [0, 0.1) is 5.92 Å². The van der Waals surface area contributed by atoms with Crippen LogP contribution in [0.15, 0.2) is 35.8 Å². The maximum absolute atomic E-state index is 12.1. The SMILES string of the molecule is CC(C)CC(=O)Nc1cccc(C(=O)Nc2nccs2)c1. The number of benzene rings is 1. The van der Waals surface area contributed by atoms with Gasteiger partial charge in [-0.1, -0.05) is 19.9 Å². The fourth-order valence-corrected chi connectivity index (χ4v) is 2.30. The zero-order chi connectivity index (χ0) is 15.2. The van der Waals surface area contributed by atoms with Crippen molar-refractivity contribution in [3.8, 4) is 0 Å². The average molecular weight is 303 g/mol. The molecular formula is C15H17N3O2S. The Morgan fingerprint density at radius 1 is 1.29 bits per heavy atom. The summed E-state index contributed by atoms with van der Waals surface area (Å²) >= 11 is 1.35. The fraction of sp³-hybridized carbons (Fsp3) is 0.267. The third kappa shape index (κ3) is 4.68. The molecule has 21 heavy (non-hydrogen) atoms. The first-order valence-electron chi connectivity index (χ1n) is 6.65. The minimum atomic E-state index is -0.245. The summed E-state index contributed by atoms with van der Waals surface area (Å²) in [6.45, 7) is 3.97. The highest BCUT2D eigenvalue weighted by Gasteiger charge is 2.10. The minimum absolute atomic E-state index is 0.0533. The maximum atomic E-state index is 12.1. The molecule has 0 bridgehead atoms. The van der Waals surface area contributed by atoms with Crippen LogP contribution in [0.1, 0.15) is 30.6 Å². The highest BCUT2D eigenvalue weighted by Crippen LogP contribution is 2.15. The summed E-state index contributed by atoms with van der Waals surface area (Å²) in [5.74, 6) is -0.00576. The number of hydrogen-bond acceptors (Lipinski definition) is 4. The lowest BCUT2D eigenvalue weighted by atomic mass is 10.1. The van der Waals surface area contributed by atoms with Gasteiger partial charge in [-0.3, -0.25) is 14.9 Å². The number of rotatable bonds is 5. The first-order valence-corrected chi connectivity index (χ1v) is 7.53. The van der Waals surface area contributed by atoms with E-state index in [0.29, 0.717) is 28.7 Å². The lowest BCUT2D eigenvalue weighted by molar-refractivity contribution is -0.116. The Morgan fingerprint density at radius 3 is 2.76 bits per heavy atom. The van der Waals surface area contributed by atoms with E-state index in [-0.39, 0.29) is 11.8 Å². The Hall–Kier alpha value is -2.21. The number of anilines is 2. The van der Waals surface area contributed by atoms with Gasteiger partial charge in [0.25, 0.3) is 5.91 Å². The predicted molar refractivity (Wildman–Crippen MR) is 84.6 cm³/mol. The zero-order valence-corrected chi connectivity index (χ0v) is 12.7. The number of carbonyl (C=O) groups is 2. The number of nitrogens with zero attached hydrogens (tertiary/aromatic N) is 1. The molecule has 0 aliphatic heterocycles. The molecule has 1 aromatic carbocycles. The monoisotopic (exact) mass is 303 g/mol. The van der Waals surface area contributed by atoms with Crippen molar-refractivity contribution in [2.45, 2.75) is 20.3 Å². The zero-order valence-electron chi connectivity index (χ0n) is 11.9. The van der Waals surface area contributed by atoms with E-state index in [1.807, 2.05) is 13.8 Å². The van der Waals surface area contributed by atoms with Gasteiger partial charge < -0.3 is 5.32 Å². The fourth-order valence-electron chi connectivity index (χ4n) is 1.78. The molecule has 2 amide bonds. The molecule has 2 rings (SSSR count). The van der Waals surface area contributed by atoms with E-state index < -0.39 is 0 Å². The highest BCUT2D eigenvalue weighted by molar-refractivity contribution is 7.13. The van der Waals surface area contributed by atoms with Crippen LogP contribution in [0.5, 0.6) is 0 Å². The van der Waals surface area contributed by atoms with Gasteiger partial charge in [-0.2, -0.15) is 0 Å². The van der Waals surface area contributed by atoms with Crippen molar-refractivity contribution in [2.24, 2.45) is 5.92 Å². The molecule has 2 aromatic rings. The van der Waals surface area contributed by atoms with Crippen molar-refractivity contribution in [2.75, 3.05) is 10.6 Å². The molecule has 0 fully saturated rings. The van der Waals surface area contributed by atoms with E-state index in [4.69, 9.17) is 0 Å². The second-order valence-electron chi connectivity index (χ2n) is 5.02. The van der Waals surface area contributed by atoms with E-state index in [0.717, 1.165) is 0 Å². The molecule has 110 valence electrons. The van der Waals surface area contributed by atoms with Crippen molar-refractivity contribution in [3.05, 3.63) is 41.4 Å². The Balaban J connectivity index is 2.03. The van der Waals surface area contributed by atoms with E-state index in [2.05, 4.69) is 15.6 Å². The summed E-state index contributed by atoms with van der Waals surface area (Å²) in [6, 6.07) is 6.85. The average Bonchev–Trinajstić information content (AvgIpc) is 2.90. The first-order chi connectivity index (χ1) is 10.0. The summed E-state index contributed by atoms with van der Waals surface area (Å²) < 4.78 is 0. The number of amides is 2. The highest BCUT2D eigenvalue weighted by atomic mass is 32.1. The Kier molecular flexibility index (Phi) is 5.05. The van der Waals surface area contributed by atoms with Gasteiger partial charge in [-0.25, -0.2) is 4.98 Å².